The number of β-amino-alcohol motifs (C(OH)–C–C–N with tert-alkyl or cyclic N) is 1. The third-order valence-electron chi connectivity index (χ3n) is 6.93. The molecule has 2 aromatic heterocycles. The van der Waals surface area contributed by atoms with Crippen LogP contribution in [0.3, 0.4) is 0 Å². The van der Waals surface area contributed by atoms with Gasteiger partial charge in [-0.1, -0.05) is 18.2 Å². The molecular weight excluding hydrogens is 504 g/mol. The molecule has 38 heavy (non-hydrogen) atoms. The van der Waals surface area contributed by atoms with Crippen molar-refractivity contribution in [1.82, 2.24) is 9.88 Å². The normalized spacial score (nSPS) is 18.6. The molecule has 0 saturated carbocycles. The number of aromatic amines is 1. The molecule has 1 aliphatic heterocycles. The number of H-pyrrole nitrogens is 1. The third-order valence-corrected chi connectivity index (χ3v) is 8.19. The summed E-state index contributed by atoms with van der Waals surface area (Å²) in [5, 5.41) is 27.9. The minimum atomic E-state index is -1.82. The predicted molar refractivity (Wildman–Crippen MR) is 149 cm³/mol. The van der Waals surface area contributed by atoms with Gasteiger partial charge in [-0.25, -0.2) is 9.59 Å². The molecule has 0 radical (unpaired) electrons. The van der Waals surface area contributed by atoms with E-state index >= 15 is 0 Å². The van der Waals surface area contributed by atoms with E-state index in [0.717, 1.165) is 41.7 Å². The summed E-state index contributed by atoms with van der Waals surface area (Å²) in [6, 6.07) is 17.7. The Hall–Kier alpha value is -3.40. The monoisotopic (exact) mass is 538 g/mol. The number of carbonyl (C=O) groups is 2. The van der Waals surface area contributed by atoms with E-state index in [1.807, 2.05) is 30.4 Å². The molecule has 4 aromatic rings. The number of aliphatic hydroxyl groups excluding tert-OH is 1. The van der Waals surface area contributed by atoms with Crippen LogP contribution >= 0.6 is 11.3 Å². The maximum absolute atomic E-state index is 10.7. The number of thiophene rings is 1. The molecule has 1 saturated heterocycles. The standard InChI is InChI=1S/C27H32N2O2S.C2H2O4/c1-17-7-8-20-14-27(32-26(20)11-17)21-9-10-29(19(3)13-21)15-22(30)16-31-25-6-4-5-24-23(25)12-18(2)28-24;3-1(4)2(5)6/h4-8,11-12,14,19,21-22,28,30H,9-10,13,15-16H2,1-3H3;(H,3,4)(H,5,6)/t19-,21+,22+;/m1./s1. The zero-order valence-electron chi connectivity index (χ0n) is 21.8. The maximum atomic E-state index is 10.7. The van der Waals surface area contributed by atoms with Crippen molar-refractivity contribution in [2.45, 2.75) is 51.7 Å². The van der Waals surface area contributed by atoms with Gasteiger partial charge in [0.15, 0.2) is 0 Å². The quantitative estimate of drug-likeness (QED) is 0.250. The summed E-state index contributed by atoms with van der Waals surface area (Å²) in [7, 11) is 0. The largest absolute Gasteiger partial charge is 0.490 e. The average molecular weight is 539 g/mol. The van der Waals surface area contributed by atoms with Crippen molar-refractivity contribution >= 4 is 44.3 Å². The summed E-state index contributed by atoms with van der Waals surface area (Å²) in [4.78, 5) is 25.5. The van der Waals surface area contributed by atoms with Crippen LogP contribution in [0.1, 0.15) is 41.8 Å². The highest BCUT2D eigenvalue weighted by Gasteiger charge is 2.29. The number of ether oxygens (including phenoxy) is 1. The second-order valence-electron chi connectivity index (χ2n) is 10.0. The van der Waals surface area contributed by atoms with Gasteiger partial charge in [0.25, 0.3) is 0 Å². The third kappa shape index (κ3) is 6.72. The number of carboxylic acids is 2. The summed E-state index contributed by atoms with van der Waals surface area (Å²) in [6.45, 7) is 8.48. The average Bonchev–Trinajstić information content (AvgIpc) is 3.46. The zero-order chi connectivity index (χ0) is 27.4. The van der Waals surface area contributed by atoms with Crippen LogP contribution < -0.4 is 4.74 Å². The van der Waals surface area contributed by atoms with Gasteiger partial charge in [0.2, 0.25) is 0 Å². The SMILES string of the molecule is Cc1ccc2cc([C@H]3CCN(C[C@H](O)COc4cccc5[nH]c(C)cc45)[C@H](C)C3)sc2c1.O=C(O)C(=O)O. The molecule has 2 aromatic carbocycles. The van der Waals surface area contributed by atoms with E-state index in [4.69, 9.17) is 24.5 Å². The van der Waals surface area contributed by atoms with Crippen LogP contribution in [0, 0.1) is 13.8 Å². The minimum Gasteiger partial charge on any atom is -0.490 e. The highest BCUT2D eigenvalue weighted by molar-refractivity contribution is 7.19. The first-order valence-electron chi connectivity index (χ1n) is 12.7. The Morgan fingerprint density at radius 3 is 2.61 bits per heavy atom. The molecule has 0 aliphatic carbocycles. The van der Waals surface area contributed by atoms with Crippen LogP contribution in [-0.2, 0) is 9.59 Å². The molecule has 0 amide bonds. The number of nitrogens with one attached hydrogen (secondary N) is 1. The molecule has 9 heteroatoms. The van der Waals surface area contributed by atoms with Crippen molar-refractivity contribution in [1.29, 1.82) is 0 Å². The topological polar surface area (TPSA) is 123 Å². The molecule has 1 fully saturated rings. The van der Waals surface area contributed by atoms with Crippen molar-refractivity contribution in [2.24, 2.45) is 0 Å². The highest BCUT2D eigenvalue weighted by atomic mass is 32.1. The smallest absolute Gasteiger partial charge is 0.414 e. The van der Waals surface area contributed by atoms with Crippen LogP contribution in [0.15, 0.2) is 48.5 Å². The molecule has 0 spiro atoms. The summed E-state index contributed by atoms with van der Waals surface area (Å²) in [5.74, 6) is -2.20. The van der Waals surface area contributed by atoms with Crippen LogP contribution in [0.25, 0.3) is 21.0 Å². The molecule has 0 unspecified atom stereocenters. The van der Waals surface area contributed by atoms with E-state index in [0.29, 0.717) is 25.1 Å². The molecule has 8 nitrogen and oxygen atoms in total. The highest BCUT2D eigenvalue weighted by Crippen LogP contribution is 2.38. The van der Waals surface area contributed by atoms with E-state index in [2.05, 4.69) is 60.1 Å². The number of benzene rings is 2. The second-order valence-corrected chi connectivity index (χ2v) is 11.1. The lowest BCUT2D eigenvalue weighted by molar-refractivity contribution is -0.159. The first kappa shape index (κ1) is 27.6. The van der Waals surface area contributed by atoms with Crippen molar-refractivity contribution in [3.05, 3.63) is 64.7 Å². The number of hydrogen-bond acceptors (Lipinski definition) is 6. The van der Waals surface area contributed by atoms with Crippen LogP contribution in [-0.4, -0.2) is 69.0 Å². The molecule has 0 bridgehead atoms. The van der Waals surface area contributed by atoms with Gasteiger partial charge < -0.3 is 25.0 Å². The Labute approximate surface area is 225 Å². The fraction of sp³-hybridized carbons (Fsp3) is 0.379. The number of aliphatic hydroxyl groups is 1. The van der Waals surface area contributed by atoms with Gasteiger partial charge in [0.05, 0.1) is 0 Å². The molecule has 4 N–H and O–H groups in total. The molecule has 1 aliphatic rings. The molecule has 3 heterocycles. The van der Waals surface area contributed by atoms with Gasteiger partial charge in [-0.2, -0.15) is 0 Å². The first-order valence-corrected chi connectivity index (χ1v) is 13.5. The number of piperidine rings is 1. The lowest BCUT2D eigenvalue weighted by atomic mass is 9.90. The number of fused-ring (bicyclic) bond motifs is 2. The first-order chi connectivity index (χ1) is 18.1. The summed E-state index contributed by atoms with van der Waals surface area (Å²) >= 11 is 1.95. The van der Waals surface area contributed by atoms with Crippen molar-refractivity contribution in [3.8, 4) is 5.75 Å². The van der Waals surface area contributed by atoms with E-state index < -0.39 is 18.0 Å². The Kier molecular flexibility index (Phi) is 8.71. The number of aryl methyl sites for hydroxylation is 2. The number of aromatic nitrogens is 1. The van der Waals surface area contributed by atoms with E-state index in [-0.39, 0.29) is 0 Å². The van der Waals surface area contributed by atoms with Gasteiger partial charge in [-0.15, -0.1) is 11.3 Å². The minimum absolute atomic E-state index is 0.311. The van der Waals surface area contributed by atoms with Gasteiger partial charge in [-0.3, -0.25) is 4.90 Å². The number of carboxylic acid groups (broad SMARTS) is 2. The lowest BCUT2D eigenvalue weighted by Gasteiger charge is -2.38. The van der Waals surface area contributed by atoms with Gasteiger partial charge in [0, 0.05) is 38.8 Å². The Morgan fingerprint density at radius 1 is 1.13 bits per heavy atom. The molecule has 202 valence electrons. The zero-order valence-corrected chi connectivity index (χ0v) is 22.6. The second kappa shape index (κ2) is 12.0. The lowest BCUT2D eigenvalue weighted by Crippen LogP contribution is -2.45. The van der Waals surface area contributed by atoms with E-state index in [1.165, 1.54) is 20.5 Å². The van der Waals surface area contributed by atoms with Gasteiger partial charge >= 0.3 is 11.9 Å². The summed E-state index contributed by atoms with van der Waals surface area (Å²) < 4.78 is 7.41. The summed E-state index contributed by atoms with van der Waals surface area (Å²) in [5.41, 5.74) is 3.51. The maximum Gasteiger partial charge on any atom is 0.414 e. The Balaban J connectivity index is 0.000000505. The Morgan fingerprint density at radius 2 is 1.89 bits per heavy atom. The van der Waals surface area contributed by atoms with Crippen LogP contribution in [0.4, 0.5) is 0 Å². The molecule has 3 atom stereocenters. The fourth-order valence-electron chi connectivity index (χ4n) is 5.01. The fourth-order valence-corrected chi connectivity index (χ4v) is 6.32. The van der Waals surface area contributed by atoms with E-state index in [1.54, 1.807) is 0 Å². The van der Waals surface area contributed by atoms with Crippen molar-refractivity contribution in [3.63, 3.8) is 0 Å². The number of likely N-dealkylation sites (tertiary alicyclic amines) is 1. The van der Waals surface area contributed by atoms with Crippen LogP contribution in [0.2, 0.25) is 0 Å². The number of aliphatic carboxylic acids is 2. The van der Waals surface area contributed by atoms with Gasteiger partial charge in [-0.05, 0) is 87.4 Å². The number of hydrogen-bond donors (Lipinski definition) is 4. The number of nitrogens with zero attached hydrogens (tertiary/aromatic N) is 1. The van der Waals surface area contributed by atoms with Gasteiger partial charge in [0.1, 0.15) is 18.5 Å². The molecule has 5 rings (SSSR count). The summed E-state index contributed by atoms with van der Waals surface area (Å²) in [6.07, 6.45) is 1.78. The van der Waals surface area contributed by atoms with Crippen LogP contribution in [0.5, 0.6) is 5.75 Å². The van der Waals surface area contributed by atoms with Crippen molar-refractivity contribution in [2.75, 3.05) is 19.7 Å². The predicted octanol–water partition coefficient (Wildman–Crippen LogP) is 5.16. The number of rotatable bonds is 6. The van der Waals surface area contributed by atoms with Crippen molar-refractivity contribution < 1.29 is 29.6 Å². The molecular formula is C29H34N2O6S. The van der Waals surface area contributed by atoms with E-state index in [9.17, 15) is 5.11 Å². The Bertz CT molecular complexity index is 1420.